The zero-order valence-electron chi connectivity index (χ0n) is 10.2. The van der Waals surface area contributed by atoms with Crippen LogP contribution in [0.2, 0.25) is 0 Å². The van der Waals surface area contributed by atoms with Gasteiger partial charge in [-0.15, -0.1) is 0 Å². The highest BCUT2D eigenvalue weighted by atomic mass is 16.3. The lowest BCUT2D eigenvalue weighted by Gasteiger charge is -2.36. The van der Waals surface area contributed by atoms with Gasteiger partial charge >= 0.3 is 0 Å². The predicted molar refractivity (Wildman–Crippen MR) is 62.7 cm³/mol. The summed E-state index contributed by atoms with van der Waals surface area (Å²) in [5.41, 5.74) is -0.769. The molecule has 0 radical (unpaired) electrons. The van der Waals surface area contributed by atoms with E-state index in [1.54, 1.807) is 0 Å². The summed E-state index contributed by atoms with van der Waals surface area (Å²) in [5.74, 6) is 0.693. The Kier molecular flexibility index (Phi) is 5.07. The summed E-state index contributed by atoms with van der Waals surface area (Å²) >= 11 is 0. The van der Waals surface area contributed by atoms with Gasteiger partial charge in [-0.1, -0.05) is 46.0 Å². The molecule has 0 saturated heterocycles. The molecule has 1 aliphatic carbocycles. The second-order valence-corrected chi connectivity index (χ2v) is 5.50. The maximum atomic E-state index is 10.3. The quantitative estimate of drug-likeness (QED) is 0.739. The van der Waals surface area contributed by atoms with Crippen LogP contribution < -0.4 is 0 Å². The average Bonchev–Trinajstić information content (AvgIpc) is 2.18. The van der Waals surface area contributed by atoms with Crippen molar-refractivity contribution >= 4 is 0 Å². The van der Waals surface area contributed by atoms with Gasteiger partial charge in [0.2, 0.25) is 0 Å². The van der Waals surface area contributed by atoms with Crippen molar-refractivity contribution in [1.82, 2.24) is 0 Å². The number of aliphatic hydroxyl groups excluding tert-OH is 1. The topological polar surface area (TPSA) is 40.5 Å². The highest BCUT2D eigenvalue weighted by Gasteiger charge is 2.36. The largest absolute Gasteiger partial charge is 0.390 e. The molecule has 0 aromatic rings. The van der Waals surface area contributed by atoms with E-state index < -0.39 is 11.7 Å². The molecular formula is C13H26O2. The van der Waals surface area contributed by atoms with Crippen LogP contribution in [0.3, 0.4) is 0 Å². The summed E-state index contributed by atoms with van der Waals surface area (Å²) in [6.45, 7) is 4.39. The Morgan fingerprint density at radius 3 is 2.20 bits per heavy atom. The fourth-order valence-corrected chi connectivity index (χ4v) is 2.49. The van der Waals surface area contributed by atoms with Crippen molar-refractivity contribution in [2.45, 2.75) is 76.9 Å². The van der Waals surface area contributed by atoms with Crippen molar-refractivity contribution in [2.75, 3.05) is 0 Å². The average molecular weight is 214 g/mol. The molecule has 2 heteroatoms. The third kappa shape index (κ3) is 4.12. The molecule has 1 fully saturated rings. The van der Waals surface area contributed by atoms with Gasteiger partial charge < -0.3 is 10.2 Å². The predicted octanol–water partition coefficient (Wildman–Crippen LogP) is 2.87. The van der Waals surface area contributed by atoms with Crippen LogP contribution in [0.5, 0.6) is 0 Å². The van der Waals surface area contributed by atoms with Crippen LogP contribution in [0.15, 0.2) is 0 Å². The maximum absolute atomic E-state index is 10.3. The molecule has 0 aliphatic heterocycles. The summed E-state index contributed by atoms with van der Waals surface area (Å²) in [6, 6.07) is 0. The standard InChI is InChI=1S/C13H26O2/c1-11(2)7-6-8-12(14)13(15)9-4-3-5-10-13/h11-12,14-15H,3-10H2,1-2H3. The van der Waals surface area contributed by atoms with Crippen LogP contribution >= 0.6 is 0 Å². The number of rotatable bonds is 5. The lowest BCUT2D eigenvalue weighted by atomic mass is 9.79. The minimum atomic E-state index is -0.769. The first-order valence-corrected chi connectivity index (χ1v) is 6.45. The minimum absolute atomic E-state index is 0.503. The molecule has 0 amide bonds. The highest BCUT2D eigenvalue weighted by molar-refractivity contribution is 4.88. The van der Waals surface area contributed by atoms with E-state index >= 15 is 0 Å². The lowest BCUT2D eigenvalue weighted by molar-refractivity contribution is -0.100. The van der Waals surface area contributed by atoms with Gasteiger partial charge in [0, 0.05) is 0 Å². The maximum Gasteiger partial charge on any atom is 0.0905 e. The van der Waals surface area contributed by atoms with Crippen LogP contribution in [0, 0.1) is 5.92 Å². The zero-order valence-corrected chi connectivity index (χ0v) is 10.2. The SMILES string of the molecule is CC(C)CCCC(O)C1(O)CCCCC1. The Hall–Kier alpha value is -0.0800. The van der Waals surface area contributed by atoms with Crippen LogP contribution in [-0.4, -0.2) is 21.9 Å². The van der Waals surface area contributed by atoms with E-state index in [9.17, 15) is 10.2 Å². The Balaban J connectivity index is 2.28. The van der Waals surface area contributed by atoms with E-state index in [4.69, 9.17) is 0 Å². The van der Waals surface area contributed by atoms with Gasteiger partial charge in [-0.3, -0.25) is 0 Å². The van der Waals surface area contributed by atoms with E-state index in [1.165, 1.54) is 6.42 Å². The van der Waals surface area contributed by atoms with Gasteiger partial charge in [0.15, 0.2) is 0 Å². The molecule has 1 saturated carbocycles. The molecule has 0 spiro atoms. The molecule has 2 N–H and O–H groups in total. The first-order chi connectivity index (χ1) is 7.04. The van der Waals surface area contributed by atoms with Crippen molar-refractivity contribution in [3.8, 4) is 0 Å². The van der Waals surface area contributed by atoms with Crippen LogP contribution in [0.4, 0.5) is 0 Å². The molecule has 0 bridgehead atoms. The molecule has 0 aromatic carbocycles. The minimum Gasteiger partial charge on any atom is -0.390 e. The number of hydrogen-bond acceptors (Lipinski definition) is 2. The normalized spacial score (nSPS) is 23.0. The summed E-state index contributed by atoms with van der Waals surface area (Å²) in [5, 5.41) is 20.3. The lowest BCUT2D eigenvalue weighted by Crippen LogP contribution is -2.43. The first-order valence-electron chi connectivity index (χ1n) is 6.45. The first kappa shape index (κ1) is 13.0. The Labute approximate surface area is 93.7 Å². The van der Waals surface area contributed by atoms with E-state index in [0.29, 0.717) is 5.92 Å². The van der Waals surface area contributed by atoms with Crippen LogP contribution in [0.25, 0.3) is 0 Å². The van der Waals surface area contributed by atoms with E-state index in [2.05, 4.69) is 13.8 Å². The summed E-state index contributed by atoms with van der Waals surface area (Å²) in [4.78, 5) is 0. The number of hydrogen-bond donors (Lipinski definition) is 2. The second-order valence-electron chi connectivity index (χ2n) is 5.50. The van der Waals surface area contributed by atoms with Crippen LogP contribution in [0.1, 0.15) is 65.2 Å². The molecule has 1 aliphatic rings. The molecule has 0 heterocycles. The molecule has 90 valence electrons. The fourth-order valence-electron chi connectivity index (χ4n) is 2.49. The zero-order chi connectivity index (χ0) is 11.3. The molecule has 15 heavy (non-hydrogen) atoms. The summed E-state index contributed by atoms with van der Waals surface area (Å²) in [6.07, 6.45) is 7.35. The van der Waals surface area contributed by atoms with Crippen molar-refractivity contribution in [3.63, 3.8) is 0 Å². The second kappa shape index (κ2) is 5.86. The van der Waals surface area contributed by atoms with Crippen molar-refractivity contribution in [1.29, 1.82) is 0 Å². The van der Waals surface area contributed by atoms with Gasteiger partial charge in [0.1, 0.15) is 0 Å². The molecule has 1 unspecified atom stereocenters. The molecule has 1 atom stereocenters. The van der Waals surface area contributed by atoms with Gasteiger partial charge in [-0.2, -0.15) is 0 Å². The van der Waals surface area contributed by atoms with Gasteiger partial charge in [0.25, 0.3) is 0 Å². The van der Waals surface area contributed by atoms with Crippen molar-refractivity contribution in [3.05, 3.63) is 0 Å². The van der Waals surface area contributed by atoms with Gasteiger partial charge in [0.05, 0.1) is 11.7 Å². The van der Waals surface area contributed by atoms with E-state index in [-0.39, 0.29) is 0 Å². The van der Waals surface area contributed by atoms with Crippen molar-refractivity contribution in [2.24, 2.45) is 5.92 Å². The van der Waals surface area contributed by atoms with Crippen molar-refractivity contribution < 1.29 is 10.2 Å². The Morgan fingerprint density at radius 2 is 1.67 bits per heavy atom. The summed E-state index contributed by atoms with van der Waals surface area (Å²) in [7, 11) is 0. The third-order valence-electron chi connectivity index (χ3n) is 3.60. The smallest absolute Gasteiger partial charge is 0.0905 e. The fraction of sp³-hybridized carbons (Fsp3) is 1.00. The molecular weight excluding hydrogens is 188 g/mol. The highest BCUT2D eigenvalue weighted by Crippen LogP contribution is 2.32. The molecule has 2 nitrogen and oxygen atoms in total. The van der Waals surface area contributed by atoms with Gasteiger partial charge in [-0.25, -0.2) is 0 Å². The molecule has 0 aromatic heterocycles. The van der Waals surface area contributed by atoms with Gasteiger partial charge in [-0.05, 0) is 25.2 Å². The Bertz CT molecular complexity index is 171. The van der Waals surface area contributed by atoms with Crippen LogP contribution in [-0.2, 0) is 0 Å². The monoisotopic (exact) mass is 214 g/mol. The molecule has 1 rings (SSSR count). The van der Waals surface area contributed by atoms with E-state index in [1.807, 2.05) is 0 Å². The Morgan fingerprint density at radius 1 is 1.07 bits per heavy atom. The number of aliphatic hydroxyl groups is 2. The van der Waals surface area contributed by atoms with E-state index in [0.717, 1.165) is 44.9 Å². The third-order valence-corrected chi connectivity index (χ3v) is 3.60. The summed E-state index contributed by atoms with van der Waals surface area (Å²) < 4.78 is 0.